The molecule has 6 nitrogen and oxygen atoms in total. The number of hydroxylamine groups is 1. The van der Waals surface area contributed by atoms with Crippen LogP contribution in [0.25, 0.3) is 0 Å². The molecule has 0 spiro atoms. The molecule has 1 aromatic rings. The van der Waals surface area contributed by atoms with Gasteiger partial charge in [0.2, 0.25) is 0 Å². The predicted molar refractivity (Wildman–Crippen MR) is 90.2 cm³/mol. The fourth-order valence-corrected chi connectivity index (χ4v) is 2.90. The number of amides is 2. The quantitative estimate of drug-likeness (QED) is 0.454. The largest absolute Gasteiger partial charge is 0.496 e. The average molecular weight is 330 g/mol. The Kier molecular flexibility index (Phi) is 5.76. The standard InChI is InChI=1S/C18H22N2O4/c1-4-6-12-10-14(11-13(7-5-2)16(12)24-3)18(22)20-9-8-15(20)17(21)19-23/h4-5,10-11,15,23H,1-2,6-9H2,3H3,(H,19,21). The topological polar surface area (TPSA) is 78.9 Å². The van der Waals surface area contributed by atoms with Gasteiger partial charge in [0.15, 0.2) is 0 Å². The van der Waals surface area contributed by atoms with Crippen molar-refractivity contribution < 1.29 is 19.5 Å². The average Bonchev–Trinajstić information content (AvgIpc) is 2.54. The molecule has 1 aromatic carbocycles. The van der Waals surface area contributed by atoms with Crippen LogP contribution < -0.4 is 10.2 Å². The third-order valence-corrected chi connectivity index (χ3v) is 4.12. The first-order valence-electron chi connectivity index (χ1n) is 7.73. The molecule has 0 aromatic heterocycles. The fraction of sp³-hybridized carbons (Fsp3) is 0.333. The highest BCUT2D eigenvalue weighted by atomic mass is 16.5. The summed E-state index contributed by atoms with van der Waals surface area (Å²) in [6.45, 7) is 7.96. The first-order valence-corrected chi connectivity index (χ1v) is 7.73. The highest BCUT2D eigenvalue weighted by molar-refractivity contribution is 5.99. The molecule has 1 unspecified atom stereocenters. The van der Waals surface area contributed by atoms with Crippen LogP contribution in [0.4, 0.5) is 0 Å². The molecule has 1 atom stereocenters. The fourth-order valence-electron chi connectivity index (χ4n) is 2.90. The molecule has 2 N–H and O–H groups in total. The summed E-state index contributed by atoms with van der Waals surface area (Å²) in [6.07, 6.45) is 5.15. The minimum Gasteiger partial charge on any atom is -0.496 e. The Labute approximate surface area is 141 Å². The lowest BCUT2D eigenvalue weighted by molar-refractivity contribution is -0.137. The molecule has 1 fully saturated rings. The van der Waals surface area contributed by atoms with Gasteiger partial charge in [-0.2, -0.15) is 0 Å². The zero-order chi connectivity index (χ0) is 17.7. The first kappa shape index (κ1) is 17.7. The lowest BCUT2D eigenvalue weighted by Gasteiger charge is -2.39. The van der Waals surface area contributed by atoms with Crippen LogP contribution in [0.15, 0.2) is 37.4 Å². The number of rotatable bonds is 7. The predicted octanol–water partition coefficient (Wildman–Crippen LogP) is 1.87. The lowest BCUT2D eigenvalue weighted by Crippen LogP contribution is -2.57. The van der Waals surface area contributed by atoms with E-state index in [1.54, 1.807) is 36.9 Å². The molecular formula is C18H22N2O4. The van der Waals surface area contributed by atoms with Crippen LogP contribution in [0.3, 0.4) is 0 Å². The second kappa shape index (κ2) is 7.79. The van der Waals surface area contributed by atoms with E-state index in [9.17, 15) is 9.59 Å². The summed E-state index contributed by atoms with van der Waals surface area (Å²) in [5.41, 5.74) is 3.81. The van der Waals surface area contributed by atoms with Gasteiger partial charge in [-0.3, -0.25) is 14.8 Å². The van der Waals surface area contributed by atoms with Gasteiger partial charge in [-0.15, -0.1) is 13.2 Å². The Morgan fingerprint density at radius 2 is 1.92 bits per heavy atom. The number of carbonyl (C=O) groups is 2. The normalized spacial score (nSPS) is 16.1. The molecule has 2 rings (SSSR count). The van der Waals surface area contributed by atoms with Crippen molar-refractivity contribution in [2.75, 3.05) is 13.7 Å². The maximum Gasteiger partial charge on any atom is 0.266 e. The Bertz CT molecular complexity index is 638. The highest BCUT2D eigenvalue weighted by Gasteiger charge is 2.38. The molecule has 1 aliphatic heterocycles. The van der Waals surface area contributed by atoms with E-state index in [4.69, 9.17) is 9.94 Å². The van der Waals surface area contributed by atoms with Crippen molar-refractivity contribution in [3.05, 3.63) is 54.1 Å². The van der Waals surface area contributed by atoms with Crippen molar-refractivity contribution in [1.29, 1.82) is 0 Å². The Hall–Kier alpha value is -2.60. The SMILES string of the molecule is C=CCc1cc(C(=O)N2CCC2C(=O)NO)cc(CC=C)c1OC. The van der Waals surface area contributed by atoms with Crippen LogP contribution in [0.5, 0.6) is 5.75 Å². The van der Waals surface area contributed by atoms with Crippen molar-refractivity contribution >= 4 is 11.8 Å². The molecule has 2 amide bonds. The second-order valence-electron chi connectivity index (χ2n) is 5.59. The number of nitrogens with one attached hydrogen (secondary N) is 1. The van der Waals surface area contributed by atoms with E-state index in [2.05, 4.69) is 13.2 Å². The lowest BCUT2D eigenvalue weighted by atomic mass is 9.96. The van der Waals surface area contributed by atoms with Crippen molar-refractivity contribution in [3.63, 3.8) is 0 Å². The van der Waals surface area contributed by atoms with Crippen molar-refractivity contribution in [1.82, 2.24) is 10.4 Å². The van der Waals surface area contributed by atoms with E-state index in [0.29, 0.717) is 31.4 Å². The van der Waals surface area contributed by atoms with E-state index in [-0.39, 0.29) is 5.91 Å². The molecule has 6 heteroatoms. The molecule has 1 aliphatic rings. The molecular weight excluding hydrogens is 308 g/mol. The van der Waals surface area contributed by atoms with Gasteiger partial charge in [-0.05, 0) is 42.5 Å². The van der Waals surface area contributed by atoms with Gasteiger partial charge in [-0.1, -0.05) is 12.2 Å². The van der Waals surface area contributed by atoms with Gasteiger partial charge in [0.05, 0.1) is 7.11 Å². The van der Waals surface area contributed by atoms with E-state index in [0.717, 1.165) is 16.9 Å². The Morgan fingerprint density at radius 3 is 2.29 bits per heavy atom. The third-order valence-electron chi connectivity index (χ3n) is 4.12. The number of carbonyl (C=O) groups excluding carboxylic acids is 2. The third kappa shape index (κ3) is 3.33. The number of nitrogens with zero attached hydrogens (tertiary/aromatic N) is 1. The van der Waals surface area contributed by atoms with Crippen molar-refractivity contribution in [2.24, 2.45) is 0 Å². The molecule has 0 bridgehead atoms. The zero-order valence-electron chi connectivity index (χ0n) is 13.7. The summed E-state index contributed by atoms with van der Waals surface area (Å²) in [6, 6.07) is 2.90. The van der Waals surface area contributed by atoms with E-state index in [1.807, 2.05) is 0 Å². The number of ether oxygens (including phenoxy) is 1. The molecule has 0 saturated carbocycles. The zero-order valence-corrected chi connectivity index (χ0v) is 13.7. The van der Waals surface area contributed by atoms with Crippen molar-refractivity contribution in [3.8, 4) is 5.75 Å². The van der Waals surface area contributed by atoms with Gasteiger partial charge in [0.1, 0.15) is 11.8 Å². The monoisotopic (exact) mass is 330 g/mol. The maximum absolute atomic E-state index is 12.7. The maximum atomic E-state index is 12.7. The summed E-state index contributed by atoms with van der Waals surface area (Å²) in [5.74, 6) is -0.0894. The van der Waals surface area contributed by atoms with Crippen molar-refractivity contribution in [2.45, 2.75) is 25.3 Å². The summed E-state index contributed by atoms with van der Waals surface area (Å²) >= 11 is 0. The van der Waals surface area contributed by atoms with Crippen LogP contribution in [0.2, 0.25) is 0 Å². The van der Waals surface area contributed by atoms with E-state index >= 15 is 0 Å². The molecule has 0 aliphatic carbocycles. The van der Waals surface area contributed by atoms with Crippen LogP contribution >= 0.6 is 0 Å². The van der Waals surface area contributed by atoms with Gasteiger partial charge < -0.3 is 9.64 Å². The molecule has 0 radical (unpaired) electrons. The number of methoxy groups -OCH3 is 1. The van der Waals surface area contributed by atoms with Crippen LogP contribution in [0.1, 0.15) is 27.9 Å². The van der Waals surface area contributed by atoms with Gasteiger partial charge in [-0.25, -0.2) is 5.48 Å². The smallest absolute Gasteiger partial charge is 0.266 e. The van der Waals surface area contributed by atoms with Crippen LogP contribution in [-0.4, -0.2) is 41.6 Å². The number of likely N-dealkylation sites (tertiary alicyclic amines) is 1. The van der Waals surface area contributed by atoms with Crippen LogP contribution in [0, 0.1) is 0 Å². The first-order chi connectivity index (χ1) is 11.6. The summed E-state index contributed by atoms with van der Waals surface area (Å²) < 4.78 is 5.48. The Morgan fingerprint density at radius 1 is 1.33 bits per heavy atom. The van der Waals surface area contributed by atoms with Gasteiger partial charge in [0.25, 0.3) is 11.8 Å². The second-order valence-corrected chi connectivity index (χ2v) is 5.59. The summed E-state index contributed by atoms with van der Waals surface area (Å²) in [4.78, 5) is 25.8. The van der Waals surface area contributed by atoms with E-state index < -0.39 is 11.9 Å². The van der Waals surface area contributed by atoms with Gasteiger partial charge >= 0.3 is 0 Å². The van der Waals surface area contributed by atoms with Gasteiger partial charge in [0, 0.05) is 12.1 Å². The number of hydrogen-bond acceptors (Lipinski definition) is 4. The molecule has 1 saturated heterocycles. The summed E-state index contributed by atoms with van der Waals surface area (Å²) in [7, 11) is 1.59. The highest BCUT2D eigenvalue weighted by Crippen LogP contribution is 2.29. The number of benzene rings is 1. The minimum atomic E-state index is -0.629. The Balaban J connectivity index is 2.38. The van der Waals surface area contributed by atoms with E-state index in [1.165, 1.54) is 4.90 Å². The molecule has 1 heterocycles. The van der Waals surface area contributed by atoms with Crippen LogP contribution in [-0.2, 0) is 17.6 Å². The number of allylic oxidation sites excluding steroid dienone is 2. The summed E-state index contributed by atoms with van der Waals surface area (Å²) in [5, 5.41) is 8.76. The minimum absolute atomic E-state index is 0.242. The number of hydrogen-bond donors (Lipinski definition) is 2. The molecule has 128 valence electrons. The molecule has 24 heavy (non-hydrogen) atoms.